The lowest BCUT2D eigenvalue weighted by Gasteiger charge is -2.22. The van der Waals surface area contributed by atoms with Crippen LogP contribution in [0.3, 0.4) is 0 Å². The van der Waals surface area contributed by atoms with Crippen LogP contribution in [0.5, 0.6) is 0 Å². The van der Waals surface area contributed by atoms with Crippen molar-refractivity contribution in [1.82, 2.24) is 29.5 Å². The Bertz CT molecular complexity index is 894. The first-order valence-corrected chi connectivity index (χ1v) is 8.30. The number of nitrogens with zero attached hydrogens (tertiary/aromatic N) is 5. The molecule has 1 aliphatic carbocycles. The molecular formula is C17H20N6O. The Hall–Kier alpha value is -2.70. The van der Waals surface area contributed by atoms with Crippen LogP contribution in [0.1, 0.15) is 60.5 Å². The van der Waals surface area contributed by atoms with Gasteiger partial charge in [0.05, 0.1) is 11.7 Å². The van der Waals surface area contributed by atoms with Gasteiger partial charge in [0.25, 0.3) is 5.91 Å². The first-order valence-electron chi connectivity index (χ1n) is 8.30. The Kier molecular flexibility index (Phi) is 3.55. The molecule has 0 saturated carbocycles. The van der Waals surface area contributed by atoms with Gasteiger partial charge in [0.1, 0.15) is 0 Å². The summed E-state index contributed by atoms with van der Waals surface area (Å²) in [6.45, 7) is 4.21. The molecule has 0 radical (unpaired) electrons. The Balaban J connectivity index is 1.62. The maximum atomic E-state index is 12.7. The Morgan fingerprint density at radius 3 is 2.88 bits per heavy atom. The van der Waals surface area contributed by atoms with Crippen LogP contribution >= 0.6 is 0 Å². The standard InChI is InChI=1S/C17H20N6O/c1-11(2)23-10-12-4-3-5-13(14(12)21-23)20-17(24)15-16-19-7-9-22(16)8-6-18-15/h6-11,13H,3-5H2,1-2H3,(H,20,24)/t13-/m0/s1. The molecule has 0 saturated heterocycles. The molecule has 1 N–H and O–H groups in total. The predicted octanol–water partition coefficient (Wildman–Crippen LogP) is 2.31. The normalized spacial score (nSPS) is 17.2. The number of carbonyl (C=O) groups excluding carboxylic acids is 1. The summed E-state index contributed by atoms with van der Waals surface area (Å²) in [5.41, 5.74) is 3.13. The van der Waals surface area contributed by atoms with E-state index in [9.17, 15) is 4.79 Å². The van der Waals surface area contributed by atoms with E-state index >= 15 is 0 Å². The first kappa shape index (κ1) is 14.9. The molecule has 1 aliphatic rings. The summed E-state index contributed by atoms with van der Waals surface area (Å²) in [5, 5.41) is 7.79. The molecule has 4 rings (SSSR count). The molecule has 7 heteroatoms. The van der Waals surface area contributed by atoms with Gasteiger partial charge in [0.15, 0.2) is 11.3 Å². The van der Waals surface area contributed by atoms with Gasteiger partial charge in [-0.25, -0.2) is 9.97 Å². The molecule has 0 aromatic carbocycles. The van der Waals surface area contributed by atoms with E-state index in [1.165, 1.54) is 5.56 Å². The SMILES string of the molecule is CC(C)n1cc2c(n1)[C@@H](NC(=O)c1nccn3ccnc13)CCC2. The van der Waals surface area contributed by atoms with E-state index in [0.29, 0.717) is 17.4 Å². The maximum Gasteiger partial charge on any atom is 0.274 e. The van der Waals surface area contributed by atoms with Crippen LogP contribution in [-0.4, -0.2) is 30.1 Å². The summed E-state index contributed by atoms with van der Waals surface area (Å²) in [6, 6.07) is 0.241. The number of imidazole rings is 1. The van der Waals surface area contributed by atoms with E-state index in [-0.39, 0.29) is 11.9 Å². The number of fused-ring (bicyclic) bond motifs is 2. The number of aromatic nitrogens is 5. The molecule has 0 spiro atoms. The molecule has 1 amide bonds. The number of nitrogens with one attached hydrogen (secondary N) is 1. The summed E-state index contributed by atoms with van der Waals surface area (Å²) >= 11 is 0. The Morgan fingerprint density at radius 1 is 1.29 bits per heavy atom. The number of aryl methyl sites for hydroxylation is 1. The van der Waals surface area contributed by atoms with Gasteiger partial charge in [0, 0.05) is 37.0 Å². The molecule has 7 nitrogen and oxygen atoms in total. The Labute approximate surface area is 139 Å². The molecule has 3 aromatic rings. The van der Waals surface area contributed by atoms with Crippen molar-refractivity contribution in [2.24, 2.45) is 0 Å². The van der Waals surface area contributed by atoms with Crippen molar-refractivity contribution >= 4 is 11.6 Å². The minimum absolute atomic E-state index is 0.0710. The quantitative estimate of drug-likeness (QED) is 0.802. The van der Waals surface area contributed by atoms with E-state index in [1.54, 1.807) is 29.2 Å². The van der Waals surface area contributed by atoms with Gasteiger partial charge in [-0.15, -0.1) is 0 Å². The van der Waals surface area contributed by atoms with E-state index in [2.05, 4.69) is 35.3 Å². The number of carbonyl (C=O) groups is 1. The molecule has 0 unspecified atom stereocenters. The first-order chi connectivity index (χ1) is 11.6. The van der Waals surface area contributed by atoms with Gasteiger partial charge in [-0.1, -0.05) is 0 Å². The summed E-state index contributed by atoms with van der Waals surface area (Å²) in [4.78, 5) is 21.2. The number of hydrogen-bond acceptors (Lipinski definition) is 4. The zero-order chi connectivity index (χ0) is 16.7. The average molecular weight is 324 g/mol. The molecule has 1 atom stereocenters. The summed E-state index contributed by atoms with van der Waals surface area (Å²) in [7, 11) is 0. The van der Waals surface area contributed by atoms with Crippen molar-refractivity contribution in [3.63, 3.8) is 0 Å². The van der Waals surface area contributed by atoms with Crippen molar-refractivity contribution in [3.05, 3.63) is 47.9 Å². The van der Waals surface area contributed by atoms with Crippen molar-refractivity contribution in [1.29, 1.82) is 0 Å². The highest BCUT2D eigenvalue weighted by Gasteiger charge is 2.27. The molecule has 0 bridgehead atoms. The molecule has 0 aliphatic heterocycles. The smallest absolute Gasteiger partial charge is 0.274 e. The fourth-order valence-electron chi connectivity index (χ4n) is 3.21. The minimum atomic E-state index is -0.205. The average Bonchev–Trinajstić information content (AvgIpc) is 3.21. The van der Waals surface area contributed by atoms with Crippen LogP contribution in [0, 0.1) is 0 Å². The highest BCUT2D eigenvalue weighted by Crippen LogP contribution is 2.29. The van der Waals surface area contributed by atoms with Gasteiger partial charge >= 0.3 is 0 Å². The lowest BCUT2D eigenvalue weighted by Crippen LogP contribution is -2.32. The second-order valence-electron chi connectivity index (χ2n) is 6.47. The van der Waals surface area contributed by atoms with Crippen LogP contribution in [0.2, 0.25) is 0 Å². The summed E-state index contributed by atoms with van der Waals surface area (Å²) < 4.78 is 3.77. The van der Waals surface area contributed by atoms with Crippen molar-refractivity contribution in [2.75, 3.05) is 0 Å². The third kappa shape index (κ3) is 2.46. The summed E-state index contributed by atoms with van der Waals surface area (Å²) in [6.07, 6.45) is 11.9. The van der Waals surface area contributed by atoms with Gasteiger partial charge in [-0.2, -0.15) is 5.10 Å². The topological polar surface area (TPSA) is 77.1 Å². The molecular weight excluding hydrogens is 304 g/mol. The zero-order valence-corrected chi connectivity index (χ0v) is 13.8. The van der Waals surface area contributed by atoms with Gasteiger partial charge in [-0.05, 0) is 38.7 Å². The highest BCUT2D eigenvalue weighted by molar-refractivity contribution is 5.97. The molecule has 24 heavy (non-hydrogen) atoms. The van der Waals surface area contributed by atoms with Crippen LogP contribution in [0.15, 0.2) is 31.0 Å². The lowest BCUT2D eigenvalue weighted by molar-refractivity contribution is 0.0928. The van der Waals surface area contributed by atoms with Gasteiger partial charge < -0.3 is 9.72 Å². The van der Waals surface area contributed by atoms with E-state index in [4.69, 9.17) is 5.10 Å². The van der Waals surface area contributed by atoms with E-state index in [1.807, 2.05) is 4.68 Å². The van der Waals surface area contributed by atoms with Crippen molar-refractivity contribution in [2.45, 2.75) is 45.2 Å². The molecule has 3 heterocycles. The second kappa shape index (κ2) is 5.74. The van der Waals surface area contributed by atoms with Crippen molar-refractivity contribution < 1.29 is 4.79 Å². The lowest BCUT2D eigenvalue weighted by atomic mass is 9.93. The van der Waals surface area contributed by atoms with Crippen LogP contribution in [0.25, 0.3) is 5.65 Å². The van der Waals surface area contributed by atoms with Gasteiger partial charge in [-0.3, -0.25) is 9.48 Å². The number of hydrogen-bond donors (Lipinski definition) is 1. The highest BCUT2D eigenvalue weighted by atomic mass is 16.2. The van der Waals surface area contributed by atoms with Crippen LogP contribution < -0.4 is 5.32 Å². The zero-order valence-electron chi connectivity index (χ0n) is 13.8. The Morgan fingerprint density at radius 2 is 2.08 bits per heavy atom. The monoisotopic (exact) mass is 324 g/mol. The number of amides is 1. The van der Waals surface area contributed by atoms with E-state index < -0.39 is 0 Å². The fraction of sp³-hybridized carbons (Fsp3) is 0.412. The van der Waals surface area contributed by atoms with Crippen molar-refractivity contribution in [3.8, 4) is 0 Å². The van der Waals surface area contributed by atoms with Crippen LogP contribution in [0.4, 0.5) is 0 Å². The minimum Gasteiger partial charge on any atom is -0.342 e. The summed E-state index contributed by atoms with van der Waals surface area (Å²) in [5.74, 6) is -0.205. The largest absolute Gasteiger partial charge is 0.342 e. The molecule has 124 valence electrons. The third-order valence-corrected chi connectivity index (χ3v) is 4.47. The second-order valence-corrected chi connectivity index (χ2v) is 6.47. The van der Waals surface area contributed by atoms with Crippen LogP contribution in [-0.2, 0) is 6.42 Å². The molecule has 0 fully saturated rings. The predicted molar refractivity (Wildman–Crippen MR) is 88.7 cm³/mol. The number of rotatable bonds is 3. The molecule has 3 aromatic heterocycles. The van der Waals surface area contributed by atoms with Gasteiger partial charge in [0.2, 0.25) is 0 Å². The fourth-order valence-corrected chi connectivity index (χ4v) is 3.21. The third-order valence-electron chi connectivity index (χ3n) is 4.47. The maximum absolute atomic E-state index is 12.7. The van der Waals surface area contributed by atoms with E-state index in [0.717, 1.165) is 25.0 Å².